The molecule has 0 aromatic rings. The van der Waals surface area contributed by atoms with Crippen molar-refractivity contribution in [2.75, 3.05) is 39.6 Å². The van der Waals surface area contributed by atoms with Gasteiger partial charge in [0.15, 0.2) is 12.2 Å². The number of aliphatic hydroxyl groups is 1. The Morgan fingerprint density at radius 1 is 0.243 bits per heavy atom. The smallest absolute Gasteiger partial charge is 0.462 e. The largest absolute Gasteiger partial charge is 0.472 e. The first-order chi connectivity index (χ1) is 49.6. The molecular weight excluding hydrogens is 1340 g/mol. The van der Waals surface area contributed by atoms with Crippen molar-refractivity contribution in [3.05, 3.63) is 0 Å². The van der Waals surface area contributed by atoms with Crippen LogP contribution in [0.25, 0.3) is 0 Å². The molecule has 0 aliphatic carbocycles. The van der Waals surface area contributed by atoms with Crippen molar-refractivity contribution in [2.45, 2.75) is 453 Å². The highest BCUT2D eigenvalue weighted by atomic mass is 31.2. The molecule has 0 bridgehead atoms. The quantitative estimate of drug-likeness (QED) is 0.0222. The molecule has 103 heavy (non-hydrogen) atoms. The van der Waals surface area contributed by atoms with Gasteiger partial charge in [-0.1, -0.05) is 383 Å². The summed E-state index contributed by atoms with van der Waals surface area (Å²) in [4.78, 5) is 73.1. The van der Waals surface area contributed by atoms with Gasteiger partial charge in [0.2, 0.25) is 0 Å². The average Bonchev–Trinajstić information content (AvgIpc) is 0.926. The van der Waals surface area contributed by atoms with Crippen LogP contribution in [0.4, 0.5) is 0 Å². The van der Waals surface area contributed by atoms with Crippen LogP contribution in [0.1, 0.15) is 434 Å². The number of hydrogen-bond acceptors (Lipinski definition) is 15. The highest BCUT2D eigenvalue weighted by Gasteiger charge is 2.30. The van der Waals surface area contributed by atoms with Crippen molar-refractivity contribution in [2.24, 2.45) is 23.7 Å². The summed E-state index contributed by atoms with van der Waals surface area (Å²) < 4.78 is 68.8. The first-order valence-corrected chi connectivity index (χ1v) is 46.2. The predicted octanol–water partition coefficient (Wildman–Crippen LogP) is 25.2. The van der Waals surface area contributed by atoms with Gasteiger partial charge in [0.1, 0.15) is 19.3 Å². The minimum Gasteiger partial charge on any atom is -0.462 e. The van der Waals surface area contributed by atoms with Gasteiger partial charge in [-0.2, -0.15) is 0 Å². The Morgan fingerprint density at radius 3 is 0.602 bits per heavy atom. The molecule has 0 fully saturated rings. The maximum absolute atomic E-state index is 13.1. The number of hydrogen-bond donors (Lipinski definition) is 3. The molecule has 0 heterocycles. The second kappa shape index (κ2) is 72.9. The van der Waals surface area contributed by atoms with Crippen LogP contribution in [-0.2, 0) is 65.4 Å². The third-order valence-corrected chi connectivity index (χ3v) is 21.5. The van der Waals surface area contributed by atoms with E-state index in [1.165, 1.54) is 231 Å². The molecule has 0 spiro atoms. The van der Waals surface area contributed by atoms with Crippen molar-refractivity contribution in [3.8, 4) is 0 Å². The van der Waals surface area contributed by atoms with Crippen LogP contribution in [0, 0.1) is 23.7 Å². The molecule has 0 aliphatic heterocycles. The summed E-state index contributed by atoms with van der Waals surface area (Å²) in [7, 11) is -9.93. The van der Waals surface area contributed by atoms with Crippen LogP contribution in [0.5, 0.6) is 0 Å². The SMILES string of the molecule is CC(C)CCCCCCCCCCCCCCCCCCCCC(=O)O[C@H](COC(=O)CCCCCCCCCC(C)C)COP(=O)(O)OCC(O)COP(=O)(O)OC[C@@H](COC(=O)CCCCCCCCCCCCCCCC(C)C)OC(=O)CCCCCCCCCCCCCCCC(C)C. The second-order valence-corrected chi connectivity index (χ2v) is 35.0. The summed E-state index contributed by atoms with van der Waals surface area (Å²) >= 11 is 0. The molecule has 0 saturated carbocycles. The molecule has 0 rings (SSSR count). The van der Waals surface area contributed by atoms with Crippen LogP contribution in [0.3, 0.4) is 0 Å². The van der Waals surface area contributed by atoms with Crippen LogP contribution >= 0.6 is 15.6 Å². The third kappa shape index (κ3) is 78.0. The number of phosphoric acid groups is 2. The maximum Gasteiger partial charge on any atom is 0.472 e. The summed E-state index contributed by atoms with van der Waals surface area (Å²) in [5.74, 6) is 0.992. The van der Waals surface area contributed by atoms with E-state index in [9.17, 15) is 43.2 Å². The van der Waals surface area contributed by atoms with E-state index >= 15 is 0 Å². The fraction of sp³-hybridized carbons (Fsp3) is 0.952. The van der Waals surface area contributed by atoms with E-state index in [0.717, 1.165) is 114 Å². The number of carbonyl (C=O) groups is 4. The Morgan fingerprint density at radius 2 is 0.408 bits per heavy atom. The Bertz CT molecular complexity index is 2010. The van der Waals surface area contributed by atoms with Crippen LogP contribution in [0.2, 0.25) is 0 Å². The summed E-state index contributed by atoms with van der Waals surface area (Å²) in [5, 5.41) is 10.7. The van der Waals surface area contributed by atoms with Crippen LogP contribution in [0.15, 0.2) is 0 Å². The van der Waals surface area contributed by atoms with Gasteiger partial charge in [-0.15, -0.1) is 0 Å². The lowest BCUT2D eigenvalue weighted by molar-refractivity contribution is -0.161. The van der Waals surface area contributed by atoms with E-state index < -0.39 is 97.5 Å². The summed E-state index contributed by atoms with van der Waals surface area (Å²) in [6, 6.07) is 0. The van der Waals surface area contributed by atoms with Gasteiger partial charge >= 0.3 is 39.5 Å². The third-order valence-electron chi connectivity index (χ3n) is 19.6. The molecule has 0 aromatic carbocycles. The van der Waals surface area contributed by atoms with Gasteiger partial charge in [0.25, 0.3) is 0 Å². The fourth-order valence-corrected chi connectivity index (χ4v) is 14.5. The zero-order valence-electron chi connectivity index (χ0n) is 68.0. The van der Waals surface area contributed by atoms with Crippen molar-refractivity contribution in [1.29, 1.82) is 0 Å². The Balaban J connectivity index is 5.21. The van der Waals surface area contributed by atoms with Crippen molar-refractivity contribution >= 4 is 39.5 Å². The lowest BCUT2D eigenvalue weighted by Gasteiger charge is -2.21. The number of carbonyl (C=O) groups excluding carboxylic acids is 4. The molecule has 17 nitrogen and oxygen atoms in total. The van der Waals surface area contributed by atoms with Gasteiger partial charge in [0.05, 0.1) is 26.4 Å². The van der Waals surface area contributed by atoms with E-state index in [4.69, 9.17) is 37.0 Å². The zero-order chi connectivity index (χ0) is 76.0. The molecule has 0 amide bonds. The van der Waals surface area contributed by atoms with Gasteiger partial charge < -0.3 is 33.8 Å². The van der Waals surface area contributed by atoms with Crippen molar-refractivity contribution < 1.29 is 80.2 Å². The average molecular weight is 1510 g/mol. The highest BCUT2D eigenvalue weighted by molar-refractivity contribution is 7.47. The number of rotatable bonds is 81. The van der Waals surface area contributed by atoms with Gasteiger partial charge in [0, 0.05) is 25.7 Å². The number of ether oxygens (including phenoxy) is 4. The molecule has 19 heteroatoms. The normalized spacial score (nSPS) is 14.0. The first kappa shape index (κ1) is 101. The Labute approximate surface area is 632 Å². The van der Waals surface area contributed by atoms with Gasteiger partial charge in [-0.05, 0) is 49.4 Å². The monoisotopic (exact) mass is 1510 g/mol. The molecule has 3 N–H and O–H groups in total. The Kier molecular flexibility index (Phi) is 71.5. The highest BCUT2D eigenvalue weighted by Crippen LogP contribution is 2.45. The number of unbranched alkanes of at least 4 members (excludes halogenated alkanes) is 47. The Hall–Kier alpha value is -1.94. The molecule has 5 atom stereocenters. The van der Waals surface area contributed by atoms with E-state index in [2.05, 4.69) is 55.4 Å². The molecule has 612 valence electrons. The van der Waals surface area contributed by atoms with Gasteiger partial charge in [-0.3, -0.25) is 37.3 Å². The summed E-state index contributed by atoms with van der Waals surface area (Å²) in [6.45, 7) is 14.3. The summed E-state index contributed by atoms with van der Waals surface area (Å²) in [6.07, 6.45) is 61.2. The number of aliphatic hydroxyl groups excluding tert-OH is 1. The summed E-state index contributed by atoms with van der Waals surface area (Å²) in [5.41, 5.74) is 0. The van der Waals surface area contributed by atoms with E-state index in [1.807, 2.05) is 0 Å². The van der Waals surface area contributed by atoms with Crippen LogP contribution in [-0.4, -0.2) is 96.7 Å². The van der Waals surface area contributed by atoms with Gasteiger partial charge in [-0.25, -0.2) is 9.13 Å². The number of esters is 4. The minimum absolute atomic E-state index is 0.107. The van der Waals surface area contributed by atoms with Crippen molar-refractivity contribution in [1.82, 2.24) is 0 Å². The zero-order valence-corrected chi connectivity index (χ0v) is 69.7. The lowest BCUT2D eigenvalue weighted by atomic mass is 10.0. The first-order valence-electron chi connectivity index (χ1n) is 43.2. The molecule has 0 aromatic heterocycles. The van der Waals surface area contributed by atoms with E-state index in [1.54, 1.807) is 0 Å². The van der Waals surface area contributed by atoms with Crippen molar-refractivity contribution in [3.63, 3.8) is 0 Å². The van der Waals surface area contributed by atoms with E-state index in [0.29, 0.717) is 31.6 Å². The molecular formula is C84H164O17P2. The molecule has 3 unspecified atom stereocenters. The van der Waals surface area contributed by atoms with E-state index in [-0.39, 0.29) is 25.7 Å². The maximum atomic E-state index is 13.1. The molecule has 0 saturated heterocycles. The lowest BCUT2D eigenvalue weighted by Crippen LogP contribution is -2.30. The predicted molar refractivity (Wildman–Crippen MR) is 423 cm³/mol. The fourth-order valence-electron chi connectivity index (χ4n) is 13.0. The number of phosphoric ester groups is 2. The standard InChI is InChI=1S/C84H164O17P2/c1-74(2)60-52-44-36-29-23-17-13-11-9-10-12-14-20-27-33-41-50-58-66-84(89)101-80(71-95-82(87)65-57-49-43-35-39-47-55-63-77(7)8)73-99-103(92,93)97-69-78(85)68-96-102(90,91)98-72-79(100-83(88)67-59-51-42-34-28-22-16-19-25-31-38-46-54-62-76(5)6)70-94-81(86)64-56-48-40-32-26-21-15-18-24-30-37-45-53-61-75(3)4/h74-80,85H,9-73H2,1-8H3,(H,90,91)(H,92,93)/t78?,79-,80-/m1/s1. The topological polar surface area (TPSA) is 237 Å². The second-order valence-electron chi connectivity index (χ2n) is 32.1. The molecule has 0 aliphatic rings. The minimum atomic E-state index is -4.96. The molecule has 0 radical (unpaired) electrons. The van der Waals surface area contributed by atoms with Crippen LogP contribution < -0.4 is 0 Å².